The van der Waals surface area contributed by atoms with E-state index in [-0.39, 0.29) is 16.8 Å². The van der Waals surface area contributed by atoms with Crippen LogP contribution in [0.25, 0.3) is 0 Å². The molecule has 1 unspecified atom stereocenters. The van der Waals surface area contributed by atoms with Gasteiger partial charge in [-0.3, -0.25) is 10.1 Å². The molecule has 1 saturated heterocycles. The lowest BCUT2D eigenvalue weighted by atomic mass is 10.1. The van der Waals surface area contributed by atoms with Crippen molar-refractivity contribution in [2.45, 2.75) is 44.0 Å². The summed E-state index contributed by atoms with van der Waals surface area (Å²) in [7, 11) is -3.61. The van der Waals surface area contributed by atoms with Crippen molar-refractivity contribution in [1.82, 2.24) is 9.29 Å². The maximum atomic E-state index is 13.0. The highest BCUT2D eigenvalue weighted by Gasteiger charge is 2.31. The summed E-state index contributed by atoms with van der Waals surface area (Å²) in [6.45, 7) is 4.25. The van der Waals surface area contributed by atoms with Gasteiger partial charge in [0.25, 0.3) is 5.91 Å². The average Bonchev–Trinajstić information content (AvgIpc) is 3.08. The Labute approximate surface area is 151 Å². The molecule has 8 heteroatoms. The number of thiazole rings is 1. The molecule has 1 aromatic heterocycles. The maximum absolute atomic E-state index is 13.0. The van der Waals surface area contributed by atoms with Crippen LogP contribution in [0.15, 0.2) is 34.7 Å². The quantitative estimate of drug-likeness (QED) is 0.884. The molecule has 3 rings (SSSR count). The molecule has 1 aliphatic rings. The molecule has 1 fully saturated rings. The van der Waals surface area contributed by atoms with Gasteiger partial charge in [-0.25, -0.2) is 13.4 Å². The summed E-state index contributed by atoms with van der Waals surface area (Å²) in [5, 5.41) is 4.96. The van der Waals surface area contributed by atoms with Crippen LogP contribution in [0.2, 0.25) is 0 Å². The largest absolute Gasteiger partial charge is 0.298 e. The van der Waals surface area contributed by atoms with Gasteiger partial charge in [-0.1, -0.05) is 12.5 Å². The molecular formula is C17H21N3O3S2. The van der Waals surface area contributed by atoms with E-state index in [9.17, 15) is 13.2 Å². The van der Waals surface area contributed by atoms with E-state index in [4.69, 9.17) is 0 Å². The second-order valence-electron chi connectivity index (χ2n) is 6.23. The highest BCUT2D eigenvalue weighted by atomic mass is 32.2. The Kier molecular flexibility index (Phi) is 5.21. The first-order valence-corrected chi connectivity index (χ1v) is 10.5. The van der Waals surface area contributed by atoms with Crippen molar-refractivity contribution in [3.05, 3.63) is 40.9 Å². The predicted octanol–water partition coefficient (Wildman–Crippen LogP) is 3.27. The summed E-state index contributed by atoms with van der Waals surface area (Å²) in [4.78, 5) is 16.7. The Morgan fingerprint density at radius 3 is 2.84 bits per heavy atom. The lowest BCUT2D eigenvalue weighted by Gasteiger charge is -2.32. The van der Waals surface area contributed by atoms with E-state index in [0.717, 1.165) is 24.8 Å². The van der Waals surface area contributed by atoms with Crippen LogP contribution < -0.4 is 5.32 Å². The van der Waals surface area contributed by atoms with Gasteiger partial charge in [0.05, 0.1) is 4.90 Å². The van der Waals surface area contributed by atoms with Crippen molar-refractivity contribution in [1.29, 1.82) is 0 Å². The minimum Gasteiger partial charge on any atom is -0.298 e. The number of hydrogen-bond donors (Lipinski definition) is 1. The molecule has 1 atom stereocenters. The van der Waals surface area contributed by atoms with Gasteiger partial charge in [-0.2, -0.15) is 4.31 Å². The molecule has 0 bridgehead atoms. The number of hydrogen-bond acceptors (Lipinski definition) is 5. The second-order valence-corrected chi connectivity index (χ2v) is 9.01. The molecule has 1 amide bonds. The number of sulfonamides is 1. The number of anilines is 1. The van der Waals surface area contributed by atoms with E-state index in [1.165, 1.54) is 17.4 Å². The number of nitrogens with one attached hydrogen (secondary N) is 1. The van der Waals surface area contributed by atoms with E-state index in [2.05, 4.69) is 10.3 Å². The van der Waals surface area contributed by atoms with Crippen molar-refractivity contribution in [3.63, 3.8) is 0 Å². The lowest BCUT2D eigenvalue weighted by Crippen LogP contribution is -2.42. The zero-order valence-corrected chi connectivity index (χ0v) is 15.9. The van der Waals surface area contributed by atoms with Crippen LogP contribution in [-0.4, -0.2) is 36.2 Å². The van der Waals surface area contributed by atoms with Crippen molar-refractivity contribution >= 4 is 32.4 Å². The number of benzene rings is 1. The fourth-order valence-electron chi connectivity index (χ4n) is 3.02. The number of carbonyl (C=O) groups is 1. The molecule has 1 aliphatic heterocycles. The van der Waals surface area contributed by atoms with Gasteiger partial charge in [0.1, 0.15) is 0 Å². The van der Waals surface area contributed by atoms with Gasteiger partial charge in [-0.15, -0.1) is 11.3 Å². The summed E-state index contributed by atoms with van der Waals surface area (Å²) in [5.41, 5.74) is 1.07. The first-order valence-electron chi connectivity index (χ1n) is 8.23. The van der Waals surface area contributed by atoms with Crippen molar-refractivity contribution in [3.8, 4) is 0 Å². The van der Waals surface area contributed by atoms with Crippen LogP contribution in [0.3, 0.4) is 0 Å². The van der Waals surface area contributed by atoms with Crippen LogP contribution in [0, 0.1) is 6.92 Å². The van der Waals surface area contributed by atoms with E-state index < -0.39 is 10.0 Å². The summed E-state index contributed by atoms with van der Waals surface area (Å²) in [5.74, 6) is -0.351. The molecule has 25 heavy (non-hydrogen) atoms. The van der Waals surface area contributed by atoms with Crippen molar-refractivity contribution < 1.29 is 13.2 Å². The molecule has 0 radical (unpaired) electrons. The number of amides is 1. The summed E-state index contributed by atoms with van der Waals surface area (Å²) in [6.07, 6.45) is 4.38. The Bertz CT molecular complexity index is 863. The third kappa shape index (κ3) is 3.75. The van der Waals surface area contributed by atoms with Crippen LogP contribution in [0.1, 0.15) is 42.1 Å². The molecular weight excluding hydrogens is 358 g/mol. The topological polar surface area (TPSA) is 79.4 Å². The Morgan fingerprint density at radius 2 is 2.16 bits per heavy atom. The number of nitrogens with zero attached hydrogens (tertiary/aromatic N) is 2. The molecule has 6 nitrogen and oxygen atoms in total. The predicted molar refractivity (Wildman–Crippen MR) is 98.5 cm³/mol. The summed E-state index contributed by atoms with van der Waals surface area (Å²) < 4.78 is 27.5. The lowest BCUT2D eigenvalue weighted by molar-refractivity contribution is 0.102. The van der Waals surface area contributed by atoms with Crippen molar-refractivity contribution in [2.75, 3.05) is 11.9 Å². The van der Waals surface area contributed by atoms with Gasteiger partial charge < -0.3 is 0 Å². The molecule has 0 spiro atoms. The monoisotopic (exact) mass is 379 g/mol. The Morgan fingerprint density at radius 1 is 1.36 bits per heavy atom. The third-order valence-corrected chi connectivity index (χ3v) is 7.15. The first kappa shape index (κ1) is 18.0. The minimum atomic E-state index is -3.61. The first-order chi connectivity index (χ1) is 11.9. The van der Waals surface area contributed by atoms with Gasteiger partial charge in [-0.05, 0) is 44.4 Å². The fraction of sp³-hybridized carbons (Fsp3) is 0.412. The Hall–Kier alpha value is -1.77. The van der Waals surface area contributed by atoms with E-state index in [1.807, 2.05) is 6.92 Å². The molecule has 0 aliphatic carbocycles. The highest BCUT2D eigenvalue weighted by Crippen LogP contribution is 2.26. The summed E-state index contributed by atoms with van der Waals surface area (Å²) >= 11 is 1.31. The average molecular weight is 380 g/mol. The van der Waals surface area contributed by atoms with Crippen LogP contribution in [0.5, 0.6) is 0 Å². The highest BCUT2D eigenvalue weighted by molar-refractivity contribution is 7.89. The second kappa shape index (κ2) is 7.23. The van der Waals surface area contributed by atoms with Gasteiger partial charge >= 0.3 is 0 Å². The third-order valence-electron chi connectivity index (χ3n) is 4.46. The van der Waals surface area contributed by atoms with Crippen LogP contribution in [-0.2, 0) is 10.0 Å². The van der Waals surface area contributed by atoms with Crippen molar-refractivity contribution in [2.24, 2.45) is 0 Å². The van der Waals surface area contributed by atoms with Gasteiger partial charge in [0, 0.05) is 29.7 Å². The van der Waals surface area contributed by atoms with Gasteiger partial charge in [0.15, 0.2) is 5.13 Å². The van der Waals surface area contributed by atoms with E-state index >= 15 is 0 Å². The molecule has 1 N–H and O–H groups in total. The maximum Gasteiger partial charge on any atom is 0.257 e. The molecule has 2 aromatic rings. The standard InChI is InChI=1S/C17H21N3O3S2/c1-12-6-7-14(25(22,23)20-9-4-3-5-13(20)2)11-15(12)16(21)19-17-18-8-10-24-17/h6-8,10-11,13H,3-5,9H2,1-2H3,(H,18,19,21). The zero-order chi connectivity index (χ0) is 18.0. The number of rotatable bonds is 4. The van der Waals surface area contributed by atoms with Gasteiger partial charge in [0.2, 0.25) is 10.0 Å². The molecule has 0 saturated carbocycles. The zero-order valence-electron chi connectivity index (χ0n) is 14.2. The number of aromatic nitrogens is 1. The number of piperidine rings is 1. The minimum absolute atomic E-state index is 0.0207. The fourth-order valence-corrected chi connectivity index (χ4v) is 5.27. The molecule has 134 valence electrons. The Balaban J connectivity index is 1.91. The summed E-state index contributed by atoms with van der Waals surface area (Å²) in [6, 6.07) is 4.70. The number of aryl methyl sites for hydroxylation is 1. The van der Waals surface area contributed by atoms with Crippen LogP contribution >= 0.6 is 11.3 Å². The molecule has 2 heterocycles. The SMILES string of the molecule is Cc1ccc(S(=O)(=O)N2CCCCC2C)cc1C(=O)Nc1nccs1. The van der Waals surface area contributed by atoms with E-state index in [1.54, 1.807) is 34.9 Å². The van der Waals surface area contributed by atoms with Crippen LogP contribution in [0.4, 0.5) is 5.13 Å². The normalized spacial score (nSPS) is 18.9. The van der Waals surface area contributed by atoms with E-state index in [0.29, 0.717) is 17.2 Å². The molecule has 1 aromatic carbocycles. The number of carbonyl (C=O) groups excluding carboxylic acids is 1. The smallest absolute Gasteiger partial charge is 0.257 e.